The predicted molar refractivity (Wildman–Crippen MR) is 122 cm³/mol. The Hall–Kier alpha value is -3.94. The molecule has 2 aromatic carbocycles. The molecule has 1 fully saturated rings. The van der Waals surface area contributed by atoms with Crippen LogP contribution in [0.2, 0.25) is 0 Å². The average Bonchev–Trinajstić information content (AvgIpc) is 3.53. The Labute approximate surface area is 196 Å². The SMILES string of the molecule is C[C@H]1Cc2cc(/C(O)=C3\C(=O)C(=O)N(CCCn4ccnc4)[C@@H]3c3ccc(F)cc3)ccc2O1. The first-order valence-corrected chi connectivity index (χ1v) is 11.2. The zero-order valence-corrected chi connectivity index (χ0v) is 18.6. The summed E-state index contributed by atoms with van der Waals surface area (Å²) < 4.78 is 21.2. The number of hydrogen-bond donors (Lipinski definition) is 1. The van der Waals surface area contributed by atoms with Gasteiger partial charge in [0, 0.05) is 37.5 Å². The fraction of sp³-hybridized carbons (Fsp3) is 0.269. The number of amides is 1. The summed E-state index contributed by atoms with van der Waals surface area (Å²) in [4.78, 5) is 31.6. The number of aliphatic hydroxyl groups excluding tert-OH is 1. The van der Waals surface area contributed by atoms with Gasteiger partial charge in [0.25, 0.3) is 11.7 Å². The molecule has 3 aromatic rings. The molecule has 0 radical (unpaired) electrons. The van der Waals surface area contributed by atoms with Gasteiger partial charge in [0.15, 0.2) is 0 Å². The van der Waals surface area contributed by atoms with Gasteiger partial charge in [-0.2, -0.15) is 0 Å². The van der Waals surface area contributed by atoms with Gasteiger partial charge in [0.2, 0.25) is 0 Å². The highest BCUT2D eigenvalue weighted by molar-refractivity contribution is 6.46. The number of hydrogen-bond acceptors (Lipinski definition) is 5. The summed E-state index contributed by atoms with van der Waals surface area (Å²) in [7, 11) is 0. The number of rotatable bonds is 6. The summed E-state index contributed by atoms with van der Waals surface area (Å²) in [5.41, 5.74) is 1.94. The van der Waals surface area contributed by atoms with E-state index in [0.717, 1.165) is 11.3 Å². The van der Waals surface area contributed by atoms with Gasteiger partial charge in [-0.25, -0.2) is 9.37 Å². The van der Waals surface area contributed by atoms with Crippen molar-refractivity contribution < 1.29 is 23.8 Å². The zero-order chi connectivity index (χ0) is 23.8. The second-order valence-corrected chi connectivity index (χ2v) is 8.65. The molecule has 7 nitrogen and oxygen atoms in total. The molecule has 5 rings (SSSR count). The molecule has 1 N–H and O–H groups in total. The van der Waals surface area contributed by atoms with Gasteiger partial charge >= 0.3 is 0 Å². The van der Waals surface area contributed by atoms with E-state index in [4.69, 9.17) is 4.74 Å². The minimum atomic E-state index is -0.813. The van der Waals surface area contributed by atoms with E-state index in [1.807, 2.05) is 17.7 Å². The van der Waals surface area contributed by atoms with Gasteiger partial charge in [-0.05, 0) is 54.8 Å². The number of benzene rings is 2. The number of halogens is 1. The number of aromatic nitrogens is 2. The van der Waals surface area contributed by atoms with Gasteiger partial charge in [-0.1, -0.05) is 12.1 Å². The van der Waals surface area contributed by atoms with Crippen LogP contribution in [-0.4, -0.2) is 43.9 Å². The molecule has 2 aliphatic rings. The number of aliphatic hydroxyl groups is 1. The van der Waals surface area contributed by atoms with E-state index in [1.165, 1.54) is 17.0 Å². The Morgan fingerprint density at radius 1 is 1.18 bits per heavy atom. The van der Waals surface area contributed by atoms with Crippen molar-refractivity contribution in [3.05, 3.63) is 89.3 Å². The second-order valence-electron chi connectivity index (χ2n) is 8.65. The Bertz CT molecular complexity index is 1270. The first-order chi connectivity index (χ1) is 16.4. The minimum absolute atomic E-state index is 0.00570. The molecule has 2 aliphatic heterocycles. The Morgan fingerprint density at radius 2 is 1.97 bits per heavy atom. The molecule has 1 amide bonds. The maximum Gasteiger partial charge on any atom is 0.295 e. The molecule has 2 atom stereocenters. The quantitative estimate of drug-likeness (QED) is 0.342. The predicted octanol–water partition coefficient (Wildman–Crippen LogP) is 3.86. The third kappa shape index (κ3) is 3.96. The van der Waals surface area contributed by atoms with Crippen LogP contribution in [-0.2, 0) is 22.6 Å². The molecule has 8 heteroatoms. The van der Waals surface area contributed by atoms with Crippen molar-refractivity contribution >= 4 is 17.4 Å². The van der Waals surface area contributed by atoms with Crippen molar-refractivity contribution in [1.82, 2.24) is 14.5 Å². The highest BCUT2D eigenvalue weighted by Crippen LogP contribution is 2.40. The molecule has 34 heavy (non-hydrogen) atoms. The first kappa shape index (κ1) is 21.9. The number of likely N-dealkylation sites (tertiary alicyclic amines) is 1. The largest absolute Gasteiger partial charge is 0.507 e. The standard InChI is InChI=1S/C26H24FN3O4/c1-16-13-19-14-18(5-8-21(19)34-16)24(31)22-23(17-3-6-20(27)7-4-17)30(26(33)25(22)32)11-2-10-29-12-9-28-15-29/h3-9,12,14-16,23,31H,2,10-11,13H2,1H3/b24-22+/t16-,23+/m0/s1. The molecular formula is C26H24FN3O4. The van der Waals surface area contributed by atoms with E-state index < -0.39 is 23.5 Å². The van der Waals surface area contributed by atoms with Crippen LogP contribution in [0.4, 0.5) is 4.39 Å². The fourth-order valence-electron chi connectivity index (χ4n) is 4.67. The Morgan fingerprint density at radius 3 is 2.71 bits per heavy atom. The van der Waals surface area contributed by atoms with E-state index in [2.05, 4.69) is 4.98 Å². The van der Waals surface area contributed by atoms with Crippen molar-refractivity contribution in [2.75, 3.05) is 6.54 Å². The summed E-state index contributed by atoms with van der Waals surface area (Å²) in [5, 5.41) is 11.2. The third-order valence-electron chi connectivity index (χ3n) is 6.27. The lowest BCUT2D eigenvalue weighted by Gasteiger charge is -2.25. The number of aryl methyl sites for hydroxylation is 1. The lowest BCUT2D eigenvalue weighted by Crippen LogP contribution is -2.31. The van der Waals surface area contributed by atoms with Gasteiger partial charge in [0.05, 0.1) is 17.9 Å². The van der Waals surface area contributed by atoms with Crippen LogP contribution in [0, 0.1) is 5.82 Å². The topological polar surface area (TPSA) is 84.7 Å². The first-order valence-electron chi connectivity index (χ1n) is 11.2. The monoisotopic (exact) mass is 461 g/mol. The van der Waals surface area contributed by atoms with Crippen LogP contribution in [0.25, 0.3) is 5.76 Å². The van der Waals surface area contributed by atoms with Crippen molar-refractivity contribution in [2.24, 2.45) is 0 Å². The molecular weight excluding hydrogens is 437 g/mol. The Balaban J connectivity index is 1.52. The summed E-state index contributed by atoms with van der Waals surface area (Å²) in [6.45, 7) is 2.86. The smallest absolute Gasteiger partial charge is 0.295 e. The highest BCUT2D eigenvalue weighted by Gasteiger charge is 2.45. The number of ether oxygens (including phenoxy) is 1. The van der Waals surface area contributed by atoms with Crippen molar-refractivity contribution in [1.29, 1.82) is 0 Å². The molecule has 1 aromatic heterocycles. The number of Topliss-reactive ketones (excluding diaryl/α,β-unsaturated/α-hetero) is 1. The summed E-state index contributed by atoms with van der Waals surface area (Å²) in [5.74, 6) is -1.35. The normalized spacial score (nSPS) is 21.1. The van der Waals surface area contributed by atoms with E-state index in [1.54, 1.807) is 42.9 Å². The maximum absolute atomic E-state index is 13.6. The molecule has 0 bridgehead atoms. The molecule has 0 unspecified atom stereocenters. The number of imidazole rings is 1. The van der Waals surface area contributed by atoms with E-state index in [9.17, 15) is 19.1 Å². The number of carbonyl (C=O) groups excluding carboxylic acids is 2. The number of ketones is 1. The fourth-order valence-corrected chi connectivity index (χ4v) is 4.67. The zero-order valence-electron chi connectivity index (χ0n) is 18.6. The molecule has 0 saturated carbocycles. The molecule has 0 spiro atoms. The number of nitrogens with zero attached hydrogens (tertiary/aromatic N) is 3. The molecule has 0 aliphatic carbocycles. The van der Waals surface area contributed by atoms with Crippen molar-refractivity contribution in [2.45, 2.75) is 38.5 Å². The number of fused-ring (bicyclic) bond motifs is 1. The summed E-state index contributed by atoms with van der Waals surface area (Å²) in [6.07, 6.45) is 6.49. The van der Waals surface area contributed by atoms with Crippen LogP contribution in [0.1, 0.15) is 36.1 Å². The van der Waals surface area contributed by atoms with Gasteiger partial charge < -0.3 is 19.3 Å². The van der Waals surface area contributed by atoms with Crippen molar-refractivity contribution in [3.63, 3.8) is 0 Å². The van der Waals surface area contributed by atoms with Crippen LogP contribution in [0.3, 0.4) is 0 Å². The van der Waals surface area contributed by atoms with Gasteiger partial charge in [-0.3, -0.25) is 9.59 Å². The maximum atomic E-state index is 13.6. The summed E-state index contributed by atoms with van der Waals surface area (Å²) >= 11 is 0. The Kier molecular flexibility index (Phi) is 5.65. The van der Waals surface area contributed by atoms with E-state index in [-0.39, 0.29) is 24.0 Å². The molecule has 174 valence electrons. The van der Waals surface area contributed by atoms with Crippen LogP contribution >= 0.6 is 0 Å². The lowest BCUT2D eigenvalue weighted by atomic mass is 9.94. The van der Waals surface area contributed by atoms with E-state index in [0.29, 0.717) is 30.5 Å². The average molecular weight is 461 g/mol. The molecule has 3 heterocycles. The summed E-state index contributed by atoms with van der Waals surface area (Å²) in [6, 6.07) is 10.1. The second kappa shape index (κ2) is 8.78. The van der Waals surface area contributed by atoms with Crippen molar-refractivity contribution in [3.8, 4) is 5.75 Å². The third-order valence-corrected chi connectivity index (χ3v) is 6.27. The van der Waals surface area contributed by atoms with Gasteiger partial charge in [-0.15, -0.1) is 0 Å². The van der Waals surface area contributed by atoms with E-state index >= 15 is 0 Å². The van der Waals surface area contributed by atoms with Crippen LogP contribution < -0.4 is 4.74 Å². The van der Waals surface area contributed by atoms with Gasteiger partial charge in [0.1, 0.15) is 23.4 Å². The number of carbonyl (C=O) groups is 2. The minimum Gasteiger partial charge on any atom is -0.507 e. The molecule has 1 saturated heterocycles. The lowest BCUT2D eigenvalue weighted by molar-refractivity contribution is -0.139. The van der Waals surface area contributed by atoms with Crippen LogP contribution in [0.15, 0.2) is 66.8 Å². The highest BCUT2D eigenvalue weighted by atomic mass is 19.1. The van der Waals surface area contributed by atoms with Crippen LogP contribution in [0.5, 0.6) is 5.75 Å².